The van der Waals surface area contributed by atoms with Crippen molar-refractivity contribution in [2.45, 2.75) is 33.1 Å². The zero-order valence-electron chi connectivity index (χ0n) is 12.4. The molecule has 0 bridgehead atoms. The van der Waals surface area contributed by atoms with Gasteiger partial charge >= 0.3 is 0 Å². The van der Waals surface area contributed by atoms with Gasteiger partial charge in [-0.25, -0.2) is 4.98 Å². The monoisotopic (exact) mass is 300 g/mol. The van der Waals surface area contributed by atoms with Crippen molar-refractivity contribution in [2.24, 2.45) is 11.8 Å². The third-order valence-corrected chi connectivity index (χ3v) is 4.33. The van der Waals surface area contributed by atoms with Crippen LogP contribution < -0.4 is 5.32 Å². The van der Waals surface area contributed by atoms with Crippen molar-refractivity contribution < 1.29 is 4.79 Å². The van der Waals surface area contributed by atoms with E-state index in [1.54, 1.807) is 0 Å². The second-order valence-corrected chi connectivity index (χ2v) is 6.95. The largest absolute Gasteiger partial charge is 0.302 e. The number of nitrogens with one attached hydrogen (secondary N) is 1. The summed E-state index contributed by atoms with van der Waals surface area (Å²) in [6.45, 7) is 4.45. The number of carbonyl (C=O) groups excluding carboxylic acids is 1. The minimum atomic E-state index is 0.114. The summed E-state index contributed by atoms with van der Waals surface area (Å²) < 4.78 is 0. The first-order chi connectivity index (χ1) is 10.1. The van der Waals surface area contributed by atoms with E-state index in [0.29, 0.717) is 11.0 Å². The van der Waals surface area contributed by atoms with Crippen LogP contribution >= 0.6 is 11.3 Å². The van der Waals surface area contributed by atoms with E-state index < -0.39 is 0 Å². The van der Waals surface area contributed by atoms with Gasteiger partial charge in [0.2, 0.25) is 5.91 Å². The molecule has 1 fully saturated rings. The minimum Gasteiger partial charge on any atom is -0.302 e. The van der Waals surface area contributed by atoms with Crippen molar-refractivity contribution in [1.29, 1.82) is 0 Å². The molecule has 3 rings (SSSR count). The molecule has 1 N–H and O–H groups in total. The van der Waals surface area contributed by atoms with Crippen molar-refractivity contribution in [2.75, 3.05) is 5.32 Å². The van der Waals surface area contributed by atoms with Gasteiger partial charge in [-0.15, -0.1) is 11.3 Å². The first-order valence-electron chi connectivity index (χ1n) is 7.47. The topological polar surface area (TPSA) is 42.0 Å². The van der Waals surface area contributed by atoms with Gasteiger partial charge in [-0.3, -0.25) is 4.79 Å². The van der Waals surface area contributed by atoms with Gasteiger partial charge in [0.1, 0.15) is 0 Å². The number of hydrogen-bond donors (Lipinski definition) is 1. The van der Waals surface area contributed by atoms with Crippen molar-refractivity contribution in [3.8, 4) is 11.3 Å². The van der Waals surface area contributed by atoms with Crippen LogP contribution in [0.2, 0.25) is 0 Å². The Morgan fingerprint density at radius 3 is 2.67 bits per heavy atom. The van der Waals surface area contributed by atoms with Gasteiger partial charge < -0.3 is 5.32 Å². The fourth-order valence-electron chi connectivity index (χ4n) is 2.30. The number of nitrogens with zero attached hydrogens (tertiary/aromatic N) is 1. The maximum Gasteiger partial charge on any atom is 0.229 e. The molecule has 2 aromatic rings. The summed E-state index contributed by atoms with van der Waals surface area (Å²) in [7, 11) is 0. The van der Waals surface area contributed by atoms with Crippen LogP contribution in [0.3, 0.4) is 0 Å². The van der Waals surface area contributed by atoms with Gasteiger partial charge in [0.05, 0.1) is 5.69 Å². The molecule has 3 nitrogen and oxygen atoms in total. The Kier molecular flexibility index (Phi) is 4.06. The maximum atomic E-state index is 11.7. The van der Waals surface area contributed by atoms with Crippen LogP contribution in [-0.4, -0.2) is 10.9 Å². The third kappa shape index (κ3) is 3.70. The summed E-state index contributed by atoms with van der Waals surface area (Å²) in [5.74, 6) is 0.996. The van der Waals surface area contributed by atoms with E-state index in [4.69, 9.17) is 0 Å². The molecular formula is C17H20N2OS. The number of anilines is 1. The summed E-state index contributed by atoms with van der Waals surface area (Å²) in [6, 6.07) is 8.55. The molecule has 0 unspecified atom stereocenters. The summed E-state index contributed by atoms with van der Waals surface area (Å²) in [6.07, 6.45) is 3.13. The highest BCUT2D eigenvalue weighted by Gasteiger charge is 2.30. The number of aromatic nitrogens is 1. The van der Waals surface area contributed by atoms with Crippen LogP contribution in [-0.2, 0) is 11.2 Å². The van der Waals surface area contributed by atoms with Crippen LogP contribution in [0.15, 0.2) is 29.6 Å². The molecule has 1 heterocycles. The third-order valence-electron chi connectivity index (χ3n) is 3.58. The molecule has 1 amide bonds. The van der Waals surface area contributed by atoms with Crippen molar-refractivity contribution >= 4 is 22.4 Å². The van der Waals surface area contributed by atoms with E-state index in [1.165, 1.54) is 16.9 Å². The van der Waals surface area contributed by atoms with E-state index in [9.17, 15) is 4.79 Å². The molecule has 4 heteroatoms. The molecule has 1 aliphatic carbocycles. The molecule has 21 heavy (non-hydrogen) atoms. The Hall–Kier alpha value is -1.68. The predicted octanol–water partition coefficient (Wildman–Crippen LogP) is 4.36. The van der Waals surface area contributed by atoms with Gasteiger partial charge in [0.25, 0.3) is 0 Å². The van der Waals surface area contributed by atoms with Gasteiger partial charge in [-0.2, -0.15) is 0 Å². The van der Waals surface area contributed by atoms with Gasteiger partial charge in [0, 0.05) is 16.9 Å². The normalized spacial score (nSPS) is 14.4. The lowest BCUT2D eigenvalue weighted by molar-refractivity contribution is -0.117. The Balaban J connectivity index is 1.68. The van der Waals surface area contributed by atoms with E-state index in [2.05, 4.69) is 48.4 Å². The Labute approximate surface area is 129 Å². The van der Waals surface area contributed by atoms with Crippen molar-refractivity contribution in [3.05, 3.63) is 35.2 Å². The zero-order chi connectivity index (χ0) is 14.8. The number of rotatable bonds is 5. The van der Waals surface area contributed by atoms with Crippen molar-refractivity contribution in [1.82, 2.24) is 4.98 Å². The molecule has 0 radical (unpaired) electrons. The Bertz CT molecular complexity index is 626. The van der Waals surface area contributed by atoms with Crippen LogP contribution in [0, 0.1) is 11.8 Å². The van der Waals surface area contributed by atoms with E-state index in [1.807, 2.05) is 5.38 Å². The lowest BCUT2D eigenvalue weighted by Crippen LogP contribution is -2.12. The Morgan fingerprint density at radius 2 is 2.05 bits per heavy atom. The lowest BCUT2D eigenvalue weighted by Gasteiger charge is -2.05. The molecule has 1 aromatic carbocycles. The highest BCUT2D eigenvalue weighted by Crippen LogP contribution is 2.31. The average molecular weight is 300 g/mol. The first kappa shape index (κ1) is 14.3. The number of hydrogen-bond acceptors (Lipinski definition) is 3. The first-order valence-corrected chi connectivity index (χ1v) is 8.35. The molecule has 0 atom stereocenters. The quantitative estimate of drug-likeness (QED) is 0.891. The molecule has 1 aromatic heterocycles. The molecule has 110 valence electrons. The SMILES string of the molecule is CC(C)Cc1ccc(-c2csc(NC(=O)C3CC3)n2)cc1. The molecule has 0 saturated heterocycles. The van der Waals surface area contributed by atoms with Gasteiger partial charge in [-0.05, 0) is 30.7 Å². The number of carbonyl (C=O) groups is 1. The van der Waals surface area contributed by atoms with Crippen molar-refractivity contribution in [3.63, 3.8) is 0 Å². The Morgan fingerprint density at radius 1 is 1.33 bits per heavy atom. The summed E-state index contributed by atoms with van der Waals surface area (Å²) in [5, 5.41) is 5.60. The summed E-state index contributed by atoms with van der Waals surface area (Å²) >= 11 is 1.49. The average Bonchev–Trinajstić information content (AvgIpc) is 3.20. The van der Waals surface area contributed by atoms with Crippen LogP contribution in [0.25, 0.3) is 11.3 Å². The summed E-state index contributed by atoms with van der Waals surface area (Å²) in [5.41, 5.74) is 3.39. The van der Waals surface area contributed by atoms with Gasteiger partial charge in [-0.1, -0.05) is 38.1 Å². The molecule has 1 saturated carbocycles. The van der Waals surface area contributed by atoms with Crippen LogP contribution in [0.4, 0.5) is 5.13 Å². The van der Waals surface area contributed by atoms with E-state index in [0.717, 1.165) is 30.5 Å². The fraction of sp³-hybridized carbons (Fsp3) is 0.412. The second-order valence-electron chi connectivity index (χ2n) is 6.10. The maximum absolute atomic E-state index is 11.7. The fourth-order valence-corrected chi connectivity index (χ4v) is 3.02. The summed E-state index contributed by atoms with van der Waals surface area (Å²) in [4.78, 5) is 16.2. The molecular weight excluding hydrogens is 280 g/mol. The van der Waals surface area contributed by atoms with E-state index >= 15 is 0 Å². The smallest absolute Gasteiger partial charge is 0.229 e. The van der Waals surface area contributed by atoms with E-state index in [-0.39, 0.29) is 11.8 Å². The van der Waals surface area contributed by atoms with Crippen LogP contribution in [0.1, 0.15) is 32.3 Å². The minimum absolute atomic E-state index is 0.114. The van der Waals surface area contributed by atoms with Gasteiger partial charge in [0.15, 0.2) is 5.13 Å². The molecule has 0 aliphatic heterocycles. The molecule has 0 spiro atoms. The molecule has 1 aliphatic rings. The zero-order valence-corrected chi connectivity index (χ0v) is 13.2. The van der Waals surface area contributed by atoms with Crippen LogP contribution in [0.5, 0.6) is 0 Å². The second kappa shape index (κ2) is 5.98. The number of amides is 1. The predicted molar refractivity (Wildman–Crippen MR) is 87.4 cm³/mol. The lowest BCUT2D eigenvalue weighted by atomic mass is 10.0. The highest BCUT2D eigenvalue weighted by molar-refractivity contribution is 7.14. The number of benzene rings is 1. The standard InChI is InChI=1S/C17H20N2OS/c1-11(2)9-12-3-5-13(6-4-12)15-10-21-17(18-15)19-16(20)14-7-8-14/h3-6,10-11,14H,7-9H2,1-2H3,(H,18,19,20). The number of thiazole rings is 1. The highest BCUT2D eigenvalue weighted by atomic mass is 32.1.